The van der Waals surface area contributed by atoms with Gasteiger partial charge >= 0.3 is 0 Å². The molecular weight excluding hydrogens is 124 g/mol. The molecule has 0 aromatic heterocycles. The van der Waals surface area contributed by atoms with Gasteiger partial charge in [-0.15, -0.1) is 0 Å². The van der Waals surface area contributed by atoms with Crippen molar-refractivity contribution in [1.82, 2.24) is 4.90 Å². The molecule has 0 aliphatic heterocycles. The zero-order valence-electron chi connectivity index (χ0n) is 7.01. The van der Waals surface area contributed by atoms with E-state index < -0.39 is 0 Å². The van der Waals surface area contributed by atoms with Crippen molar-refractivity contribution in [3.63, 3.8) is 0 Å². The van der Waals surface area contributed by atoms with Crippen LogP contribution in [-0.2, 0) is 0 Å². The molecule has 0 heterocycles. The molecule has 0 amide bonds. The van der Waals surface area contributed by atoms with Crippen molar-refractivity contribution in [2.24, 2.45) is 5.73 Å². The number of rotatable bonds is 1. The van der Waals surface area contributed by atoms with E-state index in [2.05, 4.69) is 19.0 Å². The number of hydrogen-bond acceptors (Lipinski definition) is 2. The zero-order chi connectivity index (χ0) is 7.56. The third-order valence-electron chi connectivity index (χ3n) is 2.44. The summed E-state index contributed by atoms with van der Waals surface area (Å²) >= 11 is 0. The summed E-state index contributed by atoms with van der Waals surface area (Å²) in [4.78, 5) is 2.25. The molecule has 1 aliphatic rings. The van der Waals surface area contributed by atoms with Crippen LogP contribution in [0.5, 0.6) is 0 Å². The van der Waals surface area contributed by atoms with Crippen molar-refractivity contribution in [2.45, 2.75) is 37.8 Å². The Hall–Kier alpha value is -0.0800. The standard InChI is InChI=1S/C8H18N2/c1-10(2)8-6-4-3-5-7(8)9/h7-8H,3-6,9H2,1-2H3/t7-,8+/m1/s1. The Morgan fingerprint density at radius 3 is 2.20 bits per heavy atom. The molecule has 10 heavy (non-hydrogen) atoms. The van der Waals surface area contributed by atoms with Crippen LogP contribution in [-0.4, -0.2) is 31.1 Å². The van der Waals surface area contributed by atoms with Gasteiger partial charge in [0.15, 0.2) is 0 Å². The highest BCUT2D eigenvalue weighted by Crippen LogP contribution is 2.19. The van der Waals surface area contributed by atoms with Crippen LogP contribution in [0.2, 0.25) is 0 Å². The summed E-state index contributed by atoms with van der Waals surface area (Å²) in [5.41, 5.74) is 5.94. The summed E-state index contributed by atoms with van der Waals surface area (Å²) in [5.74, 6) is 0. The number of hydrogen-bond donors (Lipinski definition) is 1. The molecule has 0 aromatic carbocycles. The van der Waals surface area contributed by atoms with Crippen molar-refractivity contribution < 1.29 is 0 Å². The van der Waals surface area contributed by atoms with Crippen LogP contribution in [0.3, 0.4) is 0 Å². The van der Waals surface area contributed by atoms with E-state index in [0.29, 0.717) is 12.1 Å². The lowest BCUT2D eigenvalue weighted by atomic mass is 9.90. The fourth-order valence-corrected chi connectivity index (χ4v) is 1.78. The normalized spacial score (nSPS) is 34.8. The van der Waals surface area contributed by atoms with E-state index in [4.69, 9.17) is 5.73 Å². The molecule has 0 saturated heterocycles. The molecule has 0 aromatic rings. The first-order valence-electron chi connectivity index (χ1n) is 4.14. The van der Waals surface area contributed by atoms with Gasteiger partial charge in [-0.25, -0.2) is 0 Å². The van der Waals surface area contributed by atoms with E-state index >= 15 is 0 Å². The molecule has 0 bridgehead atoms. The molecule has 2 nitrogen and oxygen atoms in total. The Balaban J connectivity index is 2.40. The van der Waals surface area contributed by atoms with Crippen LogP contribution in [0, 0.1) is 0 Å². The fourth-order valence-electron chi connectivity index (χ4n) is 1.78. The number of nitrogens with two attached hydrogens (primary N) is 1. The minimum absolute atomic E-state index is 0.420. The minimum atomic E-state index is 0.420. The molecule has 1 fully saturated rings. The van der Waals surface area contributed by atoms with Crippen molar-refractivity contribution in [3.8, 4) is 0 Å². The first-order valence-corrected chi connectivity index (χ1v) is 4.14. The van der Waals surface area contributed by atoms with Gasteiger partial charge < -0.3 is 10.6 Å². The van der Waals surface area contributed by atoms with E-state index in [0.717, 1.165) is 0 Å². The van der Waals surface area contributed by atoms with E-state index in [-0.39, 0.29) is 0 Å². The SMILES string of the molecule is CN(C)[C@H]1CCCC[C@H]1N. The van der Waals surface area contributed by atoms with Crippen LogP contribution in [0.4, 0.5) is 0 Å². The van der Waals surface area contributed by atoms with Crippen LogP contribution < -0.4 is 5.73 Å². The third kappa shape index (κ3) is 1.70. The molecular formula is C8H18N2. The Labute approximate surface area is 63.4 Å². The van der Waals surface area contributed by atoms with Crippen molar-refractivity contribution in [3.05, 3.63) is 0 Å². The van der Waals surface area contributed by atoms with Crippen LogP contribution in [0.25, 0.3) is 0 Å². The predicted molar refractivity (Wildman–Crippen MR) is 43.9 cm³/mol. The molecule has 1 rings (SSSR count). The monoisotopic (exact) mass is 142 g/mol. The number of likely N-dealkylation sites (N-methyl/N-ethyl adjacent to an activating group) is 1. The second-order valence-corrected chi connectivity index (χ2v) is 3.48. The maximum absolute atomic E-state index is 5.94. The first kappa shape index (κ1) is 8.02. The average Bonchev–Trinajstić information content (AvgIpc) is 1.88. The van der Waals surface area contributed by atoms with Crippen LogP contribution in [0.15, 0.2) is 0 Å². The summed E-state index contributed by atoms with van der Waals surface area (Å²) in [6.07, 6.45) is 5.18. The average molecular weight is 142 g/mol. The van der Waals surface area contributed by atoms with E-state index in [1.54, 1.807) is 0 Å². The maximum Gasteiger partial charge on any atom is 0.0241 e. The van der Waals surface area contributed by atoms with Gasteiger partial charge in [0.2, 0.25) is 0 Å². The van der Waals surface area contributed by atoms with Gasteiger partial charge in [0.25, 0.3) is 0 Å². The summed E-state index contributed by atoms with van der Waals surface area (Å²) in [5, 5.41) is 0. The molecule has 2 N–H and O–H groups in total. The summed E-state index contributed by atoms with van der Waals surface area (Å²) < 4.78 is 0. The second-order valence-electron chi connectivity index (χ2n) is 3.48. The van der Waals surface area contributed by atoms with Crippen molar-refractivity contribution in [2.75, 3.05) is 14.1 Å². The highest BCUT2D eigenvalue weighted by Gasteiger charge is 2.22. The molecule has 0 spiro atoms. The largest absolute Gasteiger partial charge is 0.326 e. The fraction of sp³-hybridized carbons (Fsp3) is 1.00. The lowest BCUT2D eigenvalue weighted by Crippen LogP contribution is -2.46. The third-order valence-corrected chi connectivity index (χ3v) is 2.44. The van der Waals surface area contributed by atoms with E-state index in [1.165, 1.54) is 25.7 Å². The lowest BCUT2D eigenvalue weighted by Gasteiger charge is -2.33. The van der Waals surface area contributed by atoms with Gasteiger partial charge in [-0.2, -0.15) is 0 Å². The Morgan fingerprint density at radius 1 is 1.20 bits per heavy atom. The molecule has 60 valence electrons. The quantitative estimate of drug-likeness (QED) is 0.587. The molecule has 0 unspecified atom stereocenters. The molecule has 0 radical (unpaired) electrons. The molecule has 1 saturated carbocycles. The van der Waals surface area contributed by atoms with Crippen LogP contribution in [0.1, 0.15) is 25.7 Å². The maximum atomic E-state index is 5.94. The zero-order valence-corrected chi connectivity index (χ0v) is 7.01. The Bertz CT molecular complexity index is 101. The van der Waals surface area contributed by atoms with E-state index in [9.17, 15) is 0 Å². The van der Waals surface area contributed by atoms with Crippen LogP contribution >= 0.6 is 0 Å². The van der Waals surface area contributed by atoms with Gasteiger partial charge in [-0.1, -0.05) is 12.8 Å². The summed E-state index contributed by atoms with van der Waals surface area (Å²) in [7, 11) is 4.24. The highest BCUT2D eigenvalue weighted by molar-refractivity contribution is 4.82. The van der Waals surface area contributed by atoms with Crippen molar-refractivity contribution in [1.29, 1.82) is 0 Å². The topological polar surface area (TPSA) is 29.3 Å². The number of nitrogens with zero attached hydrogens (tertiary/aromatic N) is 1. The molecule has 2 atom stereocenters. The second kappa shape index (κ2) is 3.35. The summed E-state index contributed by atoms with van der Waals surface area (Å²) in [6.45, 7) is 0. The lowest BCUT2D eigenvalue weighted by molar-refractivity contribution is 0.201. The minimum Gasteiger partial charge on any atom is -0.326 e. The van der Waals surface area contributed by atoms with Gasteiger partial charge in [-0.05, 0) is 26.9 Å². The highest BCUT2D eigenvalue weighted by atomic mass is 15.1. The Morgan fingerprint density at radius 2 is 1.80 bits per heavy atom. The van der Waals surface area contributed by atoms with Gasteiger partial charge in [0.05, 0.1) is 0 Å². The predicted octanol–water partition coefficient (Wildman–Crippen LogP) is 0.818. The van der Waals surface area contributed by atoms with E-state index in [1.807, 2.05) is 0 Å². The molecule has 1 aliphatic carbocycles. The van der Waals surface area contributed by atoms with Gasteiger partial charge in [-0.3, -0.25) is 0 Å². The Kier molecular flexibility index (Phi) is 2.69. The van der Waals surface area contributed by atoms with Crippen molar-refractivity contribution >= 4 is 0 Å². The van der Waals surface area contributed by atoms with Gasteiger partial charge in [0, 0.05) is 12.1 Å². The molecule has 2 heteroatoms. The first-order chi connectivity index (χ1) is 4.72. The smallest absolute Gasteiger partial charge is 0.0241 e. The summed E-state index contributed by atoms with van der Waals surface area (Å²) in [6, 6.07) is 1.05. The van der Waals surface area contributed by atoms with Gasteiger partial charge in [0.1, 0.15) is 0 Å².